The van der Waals surface area contributed by atoms with Gasteiger partial charge in [0.1, 0.15) is 17.1 Å². The number of rotatable bonds is 4. The third-order valence-electron chi connectivity index (χ3n) is 4.35. The van der Waals surface area contributed by atoms with Crippen molar-refractivity contribution in [3.8, 4) is 0 Å². The third-order valence-corrected chi connectivity index (χ3v) is 4.35. The summed E-state index contributed by atoms with van der Waals surface area (Å²) in [6.45, 7) is 6.64. The van der Waals surface area contributed by atoms with Crippen molar-refractivity contribution in [2.45, 2.75) is 45.3 Å². The molecule has 3 heterocycles. The maximum atomic E-state index is 12.6. The molecule has 0 spiro atoms. The quantitative estimate of drug-likeness (QED) is 0.928. The van der Waals surface area contributed by atoms with Gasteiger partial charge in [-0.1, -0.05) is 12.1 Å². The van der Waals surface area contributed by atoms with Gasteiger partial charge >= 0.3 is 0 Å². The average molecular weight is 318 g/mol. The van der Waals surface area contributed by atoms with Gasteiger partial charge < -0.3 is 14.4 Å². The Morgan fingerprint density at radius 3 is 2.96 bits per heavy atom. The summed E-state index contributed by atoms with van der Waals surface area (Å²) in [4.78, 5) is 14.3. The maximum absolute atomic E-state index is 12.6. The highest BCUT2D eigenvalue weighted by Gasteiger charge is 2.42. The summed E-state index contributed by atoms with van der Waals surface area (Å²) in [5.41, 5.74) is -0.0502. The second-order valence-corrected chi connectivity index (χ2v) is 6.30. The highest BCUT2D eigenvalue weighted by Crippen LogP contribution is 2.32. The molecular weight excluding hydrogens is 296 g/mol. The predicted molar refractivity (Wildman–Crippen MR) is 82.9 cm³/mol. The Bertz CT molecular complexity index is 706. The number of carbonyl (C=O) groups excluding carboxylic acids is 1. The summed E-state index contributed by atoms with van der Waals surface area (Å²) >= 11 is 0. The highest BCUT2D eigenvalue weighted by molar-refractivity contribution is 5.95. The van der Waals surface area contributed by atoms with E-state index in [4.69, 9.17) is 4.42 Å². The lowest BCUT2D eigenvalue weighted by Crippen LogP contribution is -2.34. The summed E-state index contributed by atoms with van der Waals surface area (Å²) in [5.74, 6) is 0.568. The van der Waals surface area contributed by atoms with Crippen LogP contribution in [0.3, 0.4) is 0 Å². The first-order valence-corrected chi connectivity index (χ1v) is 7.95. The lowest BCUT2D eigenvalue weighted by molar-refractivity contribution is 0.0381. The van der Waals surface area contributed by atoms with Gasteiger partial charge in [-0.25, -0.2) is 4.68 Å². The number of aryl methyl sites for hydroxylation is 1. The molecule has 0 aliphatic carbocycles. The zero-order valence-corrected chi connectivity index (χ0v) is 13.7. The molecule has 7 heteroatoms. The topological polar surface area (TPSA) is 84.4 Å². The number of β-amino-alcohol motifs (C(OH)–C–C–N with tert-alkyl or cyclic N) is 1. The van der Waals surface area contributed by atoms with Gasteiger partial charge in [0.2, 0.25) is 0 Å². The van der Waals surface area contributed by atoms with Crippen molar-refractivity contribution in [3.63, 3.8) is 0 Å². The Kier molecular flexibility index (Phi) is 3.97. The van der Waals surface area contributed by atoms with Crippen LogP contribution in [-0.2, 0) is 12.0 Å². The zero-order chi connectivity index (χ0) is 16.6. The molecule has 0 unspecified atom stereocenters. The van der Waals surface area contributed by atoms with Gasteiger partial charge in [0, 0.05) is 25.4 Å². The molecule has 0 aromatic carbocycles. The second kappa shape index (κ2) is 5.81. The predicted octanol–water partition coefficient (Wildman–Crippen LogP) is 1.75. The zero-order valence-electron chi connectivity index (χ0n) is 13.7. The van der Waals surface area contributed by atoms with Crippen LogP contribution in [0.15, 0.2) is 22.9 Å². The molecular formula is C16H22N4O3. The first-order chi connectivity index (χ1) is 10.9. The minimum Gasteiger partial charge on any atom is -0.469 e. The number of furan rings is 1. The van der Waals surface area contributed by atoms with E-state index in [0.717, 1.165) is 0 Å². The number of hydrogen-bond donors (Lipinski definition) is 1. The van der Waals surface area contributed by atoms with E-state index in [9.17, 15) is 9.90 Å². The van der Waals surface area contributed by atoms with Crippen molar-refractivity contribution < 1.29 is 14.3 Å². The van der Waals surface area contributed by atoms with E-state index in [0.29, 0.717) is 36.4 Å². The Morgan fingerprint density at radius 1 is 1.52 bits per heavy atom. The molecule has 2 aromatic rings. The van der Waals surface area contributed by atoms with Crippen molar-refractivity contribution in [1.29, 1.82) is 0 Å². The van der Waals surface area contributed by atoms with E-state index >= 15 is 0 Å². The van der Waals surface area contributed by atoms with Crippen molar-refractivity contribution >= 4 is 5.91 Å². The molecule has 1 amide bonds. The lowest BCUT2D eigenvalue weighted by atomic mass is 10.00. The molecule has 0 radical (unpaired) electrons. The van der Waals surface area contributed by atoms with E-state index in [2.05, 4.69) is 10.3 Å². The van der Waals surface area contributed by atoms with Crippen LogP contribution in [0.5, 0.6) is 0 Å². The number of likely N-dealkylation sites (tertiary alicyclic amines) is 1. The van der Waals surface area contributed by atoms with Crippen molar-refractivity contribution in [3.05, 3.63) is 35.5 Å². The number of amides is 1. The van der Waals surface area contributed by atoms with E-state index in [1.165, 1.54) is 6.26 Å². The van der Waals surface area contributed by atoms with Crippen LogP contribution in [0.2, 0.25) is 0 Å². The molecule has 1 aliphatic heterocycles. The summed E-state index contributed by atoms with van der Waals surface area (Å²) in [5, 5.41) is 19.0. The lowest BCUT2D eigenvalue weighted by Gasteiger charge is -2.21. The Labute approximate surface area is 134 Å². The van der Waals surface area contributed by atoms with Crippen molar-refractivity contribution in [2.75, 3.05) is 13.1 Å². The van der Waals surface area contributed by atoms with Gasteiger partial charge in [0.25, 0.3) is 5.91 Å². The average Bonchev–Trinajstić information content (AvgIpc) is 3.25. The number of carbonyl (C=O) groups is 1. The molecule has 1 atom stereocenters. The van der Waals surface area contributed by atoms with E-state index in [1.54, 1.807) is 21.8 Å². The largest absolute Gasteiger partial charge is 0.469 e. The van der Waals surface area contributed by atoms with Gasteiger partial charge in [-0.05, 0) is 19.9 Å². The number of nitrogens with zero attached hydrogens (tertiary/aromatic N) is 4. The first kappa shape index (κ1) is 15.7. The summed E-state index contributed by atoms with van der Waals surface area (Å²) in [6, 6.07) is 1.87. The maximum Gasteiger partial charge on any atom is 0.257 e. The third kappa shape index (κ3) is 2.76. The minimum atomic E-state index is -1.14. The molecule has 1 saturated heterocycles. The molecule has 0 bridgehead atoms. The molecule has 1 N–H and O–H groups in total. The monoisotopic (exact) mass is 318 g/mol. The van der Waals surface area contributed by atoms with Gasteiger partial charge in [-0.2, -0.15) is 0 Å². The fraction of sp³-hybridized carbons (Fsp3) is 0.562. The first-order valence-electron chi connectivity index (χ1n) is 7.95. The molecule has 0 saturated carbocycles. The smallest absolute Gasteiger partial charge is 0.257 e. The van der Waals surface area contributed by atoms with E-state index in [-0.39, 0.29) is 18.5 Å². The van der Waals surface area contributed by atoms with Crippen LogP contribution >= 0.6 is 0 Å². The van der Waals surface area contributed by atoms with Gasteiger partial charge in [0.15, 0.2) is 0 Å². The van der Waals surface area contributed by atoms with Crippen LogP contribution in [0.25, 0.3) is 0 Å². The molecule has 1 aliphatic rings. The normalized spacial score (nSPS) is 21.3. The van der Waals surface area contributed by atoms with Crippen molar-refractivity contribution in [1.82, 2.24) is 19.9 Å². The summed E-state index contributed by atoms with van der Waals surface area (Å²) in [6.07, 6.45) is 4.40. The molecule has 7 nitrogen and oxygen atoms in total. The SMILES string of the molecule is CCc1occc1C(=O)N1CC[C@@](O)(c2cn(C(C)C)nn2)C1. The molecule has 1 fully saturated rings. The molecule has 2 aromatic heterocycles. The Balaban J connectivity index is 1.78. The minimum absolute atomic E-state index is 0.109. The van der Waals surface area contributed by atoms with E-state index < -0.39 is 5.60 Å². The van der Waals surface area contributed by atoms with Crippen LogP contribution < -0.4 is 0 Å². The number of aromatic nitrogens is 3. The van der Waals surface area contributed by atoms with E-state index in [1.807, 2.05) is 20.8 Å². The highest BCUT2D eigenvalue weighted by atomic mass is 16.3. The Hall–Kier alpha value is -2.15. The van der Waals surface area contributed by atoms with Gasteiger partial charge in [-0.3, -0.25) is 4.79 Å². The molecule has 124 valence electrons. The fourth-order valence-corrected chi connectivity index (χ4v) is 2.89. The van der Waals surface area contributed by atoms with Crippen LogP contribution in [0.4, 0.5) is 0 Å². The van der Waals surface area contributed by atoms with Crippen LogP contribution in [-0.4, -0.2) is 44.0 Å². The summed E-state index contributed by atoms with van der Waals surface area (Å²) in [7, 11) is 0. The van der Waals surface area contributed by atoms with Crippen LogP contribution in [0, 0.1) is 0 Å². The molecule has 23 heavy (non-hydrogen) atoms. The van der Waals surface area contributed by atoms with Crippen LogP contribution in [0.1, 0.15) is 55.0 Å². The number of hydrogen-bond acceptors (Lipinski definition) is 5. The summed E-state index contributed by atoms with van der Waals surface area (Å²) < 4.78 is 7.04. The number of aliphatic hydroxyl groups is 1. The van der Waals surface area contributed by atoms with Crippen molar-refractivity contribution in [2.24, 2.45) is 0 Å². The Morgan fingerprint density at radius 2 is 2.30 bits per heavy atom. The van der Waals surface area contributed by atoms with Gasteiger partial charge in [0.05, 0.1) is 24.6 Å². The molecule has 3 rings (SSSR count). The second-order valence-electron chi connectivity index (χ2n) is 6.30. The standard InChI is InChI=1S/C16H22N4O3/c1-4-13-12(5-8-23-13)15(21)19-7-6-16(22,10-19)14-9-20(11(2)3)18-17-14/h5,8-9,11,22H,4,6-7,10H2,1-3H3/t16-/m0/s1. The fourth-order valence-electron chi connectivity index (χ4n) is 2.89. The van der Waals surface area contributed by atoms with Gasteiger partial charge in [-0.15, -0.1) is 5.10 Å².